The van der Waals surface area contributed by atoms with Crippen LogP contribution in [-0.2, 0) is 0 Å². The molecule has 1 heterocycles. The molecular weight excluding hydrogens is 240 g/mol. The Morgan fingerprint density at radius 2 is 1.44 bits per heavy atom. The van der Waals surface area contributed by atoms with Gasteiger partial charge in [-0.1, -0.05) is 59.9 Å². The second-order valence-corrected chi connectivity index (χ2v) is 5.24. The van der Waals surface area contributed by atoms with Gasteiger partial charge in [-0.15, -0.1) is 0 Å². The largest absolute Gasteiger partial charge is 0.277 e. The van der Waals surface area contributed by atoms with Gasteiger partial charge in [0.25, 0.3) is 0 Å². The third kappa shape index (κ3) is 1.75. The molecule has 0 unspecified atom stereocenters. The minimum atomic E-state index is 0.134. The van der Waals surface area contributed by atoms with E-state index in [4.69, 9.17) is 0 Å². The zero-order valence-electron chi connectivity index (χ0n) is 10.0. The molecule has 0 spiro atoms. The third-order valence-corrected chi connectivity index (χ3v) is 4.27. The maximum atomic E-state index is 12.1. The molecular formula is C16H12OS. The molecule has 0 N–H and O–H groups in total. The monoisotopic (exact) mass is 252 g/mol. The van der Waals surface area contributed by atoms with Crippen molar-refractivity contribution >= 4 is 22.1 Å². The Kier molecular flexibility index (Phi) is 2.73. The van der Waals surface area contributed by atoms with E-state index in [0.717, 1.165) is 21.2 Å². The lowest BCUT2D eigenvalue weighted by atomic mass is 10.0. The number of rotatable bonds is 1. The zero-order valence-corrected chi connectivity index (χ0v) is 10.8. The van der Waals surface area contributed by atoms with Gasteiger partial charge >= 0.3 is 0 Å². The molecule has 2 heteroatoms. The Bertz CT molecular complexity index is 757. The van der Waals surface area contributed by atoms with Crippen LogP contribution in [0.1, 0.15) is 5.56 Å². The first kappa shape index (κ1) is 11.2. The van der Waals surface area contributed by atoms with Crippen molar-refractivity contribution in [3.05, 3.63) is 69.7 Å². The Labute approximate surface area is 109 Å². The fraction of sp³-hybridized carbons (Fsp3) is 0.0625. The SMILES string of the molecule is Cc1c(-c2ccccc2)sc(=O)c2ccccc12. The van der Waals surface area contributed by atoms with Gasteiger partial charge in [0.15, 0.2) is 0 Å². The molecule has 0 atom stereocenters. The summed E-state index contributed by atoms with van der Waals surface area (Å²) in [6, 6.07) is 17.9. The summed E-state index contributed by atoms with van der Waals surface area (Å²) in [5, 5.41) is 1.87. The van der Waals surface area contributed by atoms with E-state index < -0.39 is 0 Å². The predicted octanol–water partition coefficient (Wildman–Crippen LogP) is 4.24. The molecule has 88 valence electrons. The van der Waals surface area contributed by atoms with E-state index in [1.807, 2.05) is 54.6 Å². The Morgan fingerprint density at radius 3 is 2.17 bits per heavy atom. The smallest absolute Gasteiger partial charge is 0.240 e. The molecule has 2 aromatic carbocycles. The molecule has 0 aliphatic heterocycles. The highest BCUT2D eigenvalue weighted by molar-refractivity contribution is 7.13. The maximum Gasteiger partial charge on any atom is 0.240 e. The van der Waals surface area contributed by atoms with E-state index in [0.29, 0.717) is 0 Å². The summed E-state index contributed by atoms with van der Waals surface area (Å²) in [5.74, 6) is 0. The van der Waals surface area contributed by atoms with Gasteiger partial charge in [-0.05, 0) is 29.5 Å². The summed E-state index contributed by atoms with van der Waals surface area (Å²) in [6.45, 7) is 2.08. The summed E-state index contributed by atoms with van der Waals surface area (Å²) >= 11 is 1.33. The highest BCUT2D eigenvalue weighted by atomic mass is 32.1. The number of fused-ring (bicyclic) bond motifs is 1. The topological polar surface area (TPSA) is 17.1 Å². The predicted molar refractivity (Wildman–Crippen MR) is 78.3 cm³/mol. The van der Waals surface area contributed by atoms with Gasteiger partial charge in [0.05, 0.1) is 0 Å². The van der Waals surface area contributed by atoms with Gasteiger partial charge in [0, 0.05) is 10.3 Å². The van der Waals surface area contributed by atoms with Crippen LogP contribution in [0.25, 0.3) is 21.2 Å². The van der Waals surface area contributed by atoms with Gasteiger partial charge in [0.2, 0.25) is 4.74 Å². The van der Waals surface area contributed by atoms with E-state index in [-0.39, 0.29) is 4.74 Å². The first-order valence-corrected chi connectivity index (χ1v) is 6.67. The van der Waals surface area contributed by atoms with Crippen molar-refractivity contribution < 1.29 is 0 Å². The minimum Gasteiger partial charge on any atom is -0.277 e. The Morgan fingerprint density at radius 1 is 0.833 bits per heavy atom. The van der Waals surface area contributed by atoms with E-state index in [9.17, 15) is 4.79 Å². The number of benzene rings is 2. The van der Waals surface area contributed by atoms with Crippen molar-refractivity contribution in [3.63, 3.8) is 0 Å². The molecule has 18 heavy (non-hydrogen) atoms. The van der Waals surface area contributed by atoms with Gasteiger partial charge in [0.1, 0.15) is 0 Å². The highest BCUT2D eigenvalue weighted by Crippen LogP contribution is 2.30. The molecule has 0 amide bonds. The molecule has 0 fully saturated rings. The van der Waals surface area contributed by atoms with Crippen LogP contribution >= 0.6 is 11.3 Å². The van der Waals surface area contributed by atoms with Crippen LogP contribution in [0.3, 0.4) is 0 Å². The maximum absolute atomic E-state index is 12.1. The molecule has 0 bridgehead atoms. The van der Waals surface area contributed by atoms with Gasteiger partial charge in [-0.25, -0.2) is 0 Å². The molecule has 3 aromatic rings. The normalized spacial score (nSPS) is 10.7. The number of hydrogen-bond acceptors (Lipinski definition) is 2. The first-order chi connectivity index (χ1) is 8.77. The molecule has 0 saturated heterocycles. The van der Waals surface area contributed by atoms with Crippen molar-refractivity contribution in [3.8, 4) is 10.4 Å². The van der Waals surface area contributed by atoms with Crippen molar-refractivity contribution in [1.29, 1.82) is 0 Å². The van der Waals surface area contributed by atoms with Gasteiger partial charge < -0.3 is 0 Å². The molecule has 0 aliphatic rings. The second-order valence-electron chi connectivity index (χ2n) is 4.26. The lowest BCUT2D eigenvalue weighted by molar-refractivity contribution is 1.55. The molecule has 0 saturated carbocycles. The van der Waals surface area contributed by atoms with Gasteiger partial charge in [-0.3, -0.25) is 4.79 Å². The van der Waals surface area contributed by atoms with Crippen LogP contribution in [0.2, 0.25) is 0 Å². The summed E-state index contributed by atoms with van der Waals surface area (Å²) in [7, 11) is 0. The number of aryl methyl sites for hydroxylation is 1. The van der Waals surface area contributed by atoms with Crippen LogP contribution in [0, 0.1) is 6.92 Å². The van der Waals surface area contributed by atoms with E-state index in [2.05, 4.69) is 6.92 Å². The Balaban J connectivity index is 2.39. The third-order valence-electron chi connectivity index (χ3n) is 3.12. The van der Waals surface area contributed by atoms with E-state index >= 15 is 0 Å². The van der Waals surface area contributed by atoms with Gasteiger partial charge in [-0.2, -0.15) is 0 Å². The fourth-order valence-corrected chi connectivity index (χ4v) is 3.19. The van der Waals surface area contributed by atoms with Crippen molar-refractivity contribution in [2.45, 2.75) is 6.92 Å². The van der Waals surface area contributed by atoms with Crippen molar-refractivity contribution in [2.24, 2.45) is 0 Å². The average molecular weight is 252 g/mol. The van der Waals surface area contributed by atoms with Crippen LogP contribution in [0.5, 0.6) is 0 Å². The van der Waals surface area contributed by atoms with Crippen molar-refractivity contribution in [2.75, 3.05) is 0 Å². The highest BCUT2D eigenvalue weighted by Gasteiger charge is 2.09. The quantitative estimate of drug-likeness (QED) is 0.633. The van der Waals surface area contributed by atoms with E-state index in [1.54, 1.807) is 0 Å². The average Bonchev–Trinajstić information content (AvgIpc) is 2.44. The summed E-state index contributed by atoms with van der Waals surface area (Å²) in [4.78, 5) is 13.2. The van der Waals surface area contributed by atoms with E-state index in [1.165, 1.54) is 16.9 Å². The summed E-state index contributed by atoms with van der Waals surface area (Å²) < 4.78 is 0.134. The van der Waals surface area contributed by atoms with Crippen LogP contribution in [-0.4, -0.2) is 0 Å². The lowest BCUT2D eigenvalue weighted by Gasteiger charge is -2.07. The molecule has 1 nitrogen and oxygen atoms in total. The molecule has 0 aliphatic carbocycles. The lowest BCUT2D eigenvalue weighted by Crippen LogP contribution is -1.98. The number of hydrogen-bond donors (Lipinski definition) is 0. The Hall–Kier alpha value is -1.93. The van der Waals surface area contributed by atoms with Crippen LogP contribution < -0.4 is 4.74 Å². The molecule has 1 aromatic heterocycles. The summed E-state index contributed by atoms with van der Waals surface area (Å²) in [5.41, 5.74) is 2.30. The summed E-state index contributed by atoms with van der Waals surface area (Å²) in [6.07, 6.45) is 0. The molecule has 3 rings (SSSR count). The molecule has 0 radical (unpaired) electrons. The first-order valence-electron chi connectivity index (χ1n) is 5.85. The van der Waals surface area contributed by atoms with Crippen LogP contribution in [0.4, 0.5) is 0 Å². The fourth-order valence-electron chi connectivity index (χ4n) is 2.20. The van der Waals surface area contributed by atoms with Crippen LogP contribution in [0.15, 0.2) is 59.4 Å². The second kappa shape index (κ2) is 4.39. The minimum absolute atomic E-state index is 0.134. The standard InChI is InChI=1S/C16H12OS/c1-11-13-9-5-6-10-14(13)16(17)18-15(11)12-7-3-2-4-8-12/h2-10H,1H3. The zero-order chi connectivity index (χ0) is 12.5. The van der Waals surface area contributed by atoms with Crippen molar-refractivity contribution in [1.82, 2.24) is 0 Å².